The molecule has 3 aromatic rings. The highest BCUT2D eigenvalue weighted by Crippen LogP contribution is 2.28. The van der Waals surface area contributed by atoms with Gasteiger partial charge in [0.1, 0.15) is 5.75 Å². The third-order valence-corrected chi connectivity index (χ3v) is 5.81. The van der Waals surface area contributed by atoms with E-state index in [1.54, 1.807) is 36.4 Å². The second-order valence-corrected chi connectivity index (χ2v) is 7.63. The van der Waals surface area contributed by atoms with Gasteiger partial charge in [-0.15, -0.1) is 6.58 Å². The summed E-state index contributed by atoms with van der Waals surface area (Å²) in [6.45, 7) is 6.28. The third kappa shape index (κ3) is 3.58. The molecular weight excluding hydrogens is 346 g/mol. The summed E-state index contributed by atoms with van der Waals surface area (Å²) in [6, 6.07) is 19.9. The minimum atomic E-state index is -3.73. The van der Waals surface area contributed by atoms with E-state index in [-0.39, 0.29) is 11.4 Å². The maximum Gasteiger partial charge on any atom is 0.264 e. The van der Waals surface area contributed by atoms with Crippen LogP contribution in [-0.4, -0.2) is 21.6 Å². The molecule has 0 aromatic heterocycles. The minimum absolute atomic E-state index is 0.171. The zero-order valence-corrected chi connectivity index (χ0v) is 15.4. The summed E-state index contributed by atoms with van der Waals surface area (Å²) in [5.74, 6) is 0.632. The van der Waals surface area contributed by atoms with Gasteiger partial charge in [-0.3, -0.25) is 4.31 Å². The van der Waals surface area contributed by atoms with Gasteiger partial charge in [-0.1, -0.05) is 42.5 Å². The molecule has 0 unspecified atom stereocenters. The largest absolute Gasteiger partial charge is 0.494 e. The number of rotatable bonds is 7. The Morgan fingerprint density at radius 3 is 2.50 bits per heavy atom. The fraction of sp³-hybridized carbons (Fsp3) is 0.143. The van der Waals surface area contributed by atoms with Crippen molar-refractivity contribution in [1.82, 2.24) is 0 Å². The molecule has 0 heterocycles. The van der Waals surface area contributed by atoms with Crippen molar-refractivity contribution < 1.29 is 13.2 Å². The molecular formula is C21H21NO3S. The molecule has 0 saturated carbocycles. The average Bonchev–Trinajstić information content (AvgIpc) is 2.66. The molecule has 134 valence electrons. The lowest BCUT2D eigenvalue weighted by Gasteiger charge is -2.24. The first-order valence-electron chi connectivity index (χ1n) is 8.41. The fourth-order valence-electron chi connectivity index (χ4n) is 2.81. The summed E-state index contributed by atoms with van der Waals surface area (Å²) in [6.07, 6.45) is 1.58. The number of hydrogen-bond acceptors (Lipinski definition) is 3. The molecule has 3 aromatic carbocycles. The first-order valence-corrected chi connectivity index (χ1v) is 9.85. The van der Waals surface area contributed by atoms with Crippen LogP contribution in [0.1, 0.15) is 6.92 Å². The highest BCUT2D eigenvalue weighted by atomic mass is 32.2. The molecule has 4 nitrogen and oxygen atoms in total. The summed E-state index contributed by atoms with van der Waals surface area (Å²) in [4.78, 5) is 0.250. The van der Waals surface area contributed by atoms with E-state index in [4.69, 9.17) is 4.74 Å². The molecule has 0 saturated heterocycles. The normalized spacial score (nSPS) is 11.3. The van der Waals surface area contributed by atoms with Crippen LogP contribution in [0.3, 0.4) is 0 Å². The number of fused-ring (bicyclic) bond motifs is 1. The Bertz CT molecular complexity index is 1030. The smallest absolute Gasteiger partial charge is 0.264 e. The Morgan fingerprint density at radius 1 is 1.00 bits per heavy atom. The molecule has 0 spiro atoms. The van der Waals surface area contributed by atoms with Gasteiger partial charge in [0.25, 0.3) is 10.0 Å². The topological polar surface area (TPSA) is 46.6 Å². The molecule has 26 heavy (non-hydrogen) atoms. The number of nitrogens with zero attached hydrogens (tertiary/aromatic N) is 1. The van der Waals surface area contributed by atoms with Gasteiger partial charge in [-0.25, -0.2) is 8.42 Å². The Morgan fingerprint density at radius 2 is 1.77 bits per heavy atom. The maximum atomic E-state index is 13.3. The van der Waals surface area contributed by atoms with Crippen molar-refractivity contribution in [3.63, 3.8) is 0 Å². The van der Waals surface area contributed by atoms with E-state index in [1.165, 1.54) is 4.31 Å². The molecule has 0 aliphatic carbocycles. The number of benzene rings is 3. The van der Waals surface area contributed by atoms with Crippen molar-refractivity contribution >= 4 is 26.5 Å². The number of anilines is 1. The summed E-state index contributed by atoms with van der Waals surface area (Å²) in [5, 5.41) is 1.88. The fourth-order valence-corrected chi connectivity index (χ4v) is 4.27. The van der Waals surface area contributed by atoms with Crippen molar-refractivity contribution in [3.05, 3.63) is 79.4 Å². The van der Waals surface area contributed by atoms with Crippen LogP contribution in [0.5, 0.6) is 5.75 Å². The van der Waals surface area contributed by atoms with E-state index in [2.05, 4.69) is 6.58 Å². The number of hydrogen-bond donors (Lipinski definition) is 0. The van der Waals surface area contributed by atoms with Gasteiger partial charge in [-0.2, -0.15) is 0 Å². The van der Waals surface area contributed by atoms with Gasteiger partial charge >= 0.3 is 0 Å². The highest BCUT2D eigenvalue weighted by Gasteiger charge is 2.24. The van der Waals surface area contributed by atoms with Gasteiger partial charge in [0.05, 0.1) is 23.7 Å². The summed E-state index contributed by atoms with van der Waals surface area (Å²) in [5.41, 5.74) is 0.545. The highest BCUT2D eigenvalue weighted by molar-refractivity contribution is 7.92. The van der Waals surface area contributed by atoms with E-state index in [0.29, 0.717) is 18.0 Å². The van der Waals surface area contributed by atoms with Gasteiger partial charge < -0.3 is 4.74 Å². The first kappa shape index (κ1) is 18.0. The van der Waals surface area contributed by atoms with Crippen LogP contribution in [0.4, 0.5) is 5.69 Å². The predicted octanol–water partition coefficient (Wildman–Crippen LogP) is 4.62. The van der Waals surface area contributed by atoms with Crippen LogP contribution < -0.4 is 9.04 Å². The van der Waals surface area contributed by atoms with Crippen LogP contribution >= 0.6 is 0 Å². The second kappa shape index (κ2) is 7.62. The Hall–Kier alpha value is -2.79. The van der Waals surface area contributed by atoms with Crippen LogP contribution in [0.15, 0.2) is 84.3 Å². The molecule has 0 radical (unpaired) electrons. The average molecular weight is 367 g/mol. The second-order valence-electron chi connectivity index (χ2n) is 5.76. The molecule has 3 rings (SSSR count). The van der Waals surface area contributed by atoms with Crippen molar-refractivity contribution in [2.45, 2.75) is 11.8 Å². The van der Waals surface area contributed by atoms with Crippen molar-refractivity contribution in [1.29, 1.82) is 0 Å². The van der Waals surface area contributed by atoms with E-state index < -0.39 is 10.0 Å². The summed E-state index contributed by atoms with van der Waals surface area (Å²) >= 11 is 0. The molecule has 5 heteroatoms. The van der Waals surface area contributed by atoms with Gasteiger partial charge in [-0.05, 0) is 42.0 Å². The zero-order chi connectivity index (χ0) is 18.6. The van der Waals surface area contributed by atoms with Crippen LogP contribution in [0, 0.1) is 0 Å². The molecule has 0 aliphatic rings. The Kier molecular flexibility index (Phi) is 5.28. The summed E-state index contributed by atoms with van der Waals surface area (Å²) < 4.78 is 33.4. The molecule has 0 fully saturated rings. The van der Waals surface area contributed by atoms with Crippen molar-refractivity contribution in [2.24, 2.45) is 0 Å². The molecule has 0 atom stereocenters. The lowest BCUT2D eigenvalue weighted by atomic mass is 10.1. The number of sulfonamides is 1. The SMILES string of the molecule is C=CCN(c1cccc(OCC)c1)S(=O)(=O)c1ccc2ccccc2c1. The van der Waals surface area contributed by atoms with Crippen molar-refractivity contribution in [2.75, 3.05) is 17.5 Å². The predicted molar refractivity (Wildman–Crippen MR) is 106 cm³/mol. The van der Waals surface area contributed by atoms with E-state index >= 15 is 0 Å². The Labute approximate surface area is 154 Å². The third-order valence-electron chi connectivity index (χ3n) is 4.02. The Balaban J connectivity index is 2.07. The van der Waals surface area contributed by atoms with Crippen molar-refractivity contribution in [3.8, 4) is 5.75 Å². The first-order chi connectivity index (χ1) is 12.6. The standard InChI is InChI=1S/C21H21NO3S/c1-3-14-22(19-10-7-11-20(16-19)25-4-2)26(23,24)21-13-12-17-8-5-6-9-18(17)15-21/h3,5-13,15-16H,1,4,14H2,2H3. The molecule has 0 amide bonds. The molecule has 0 N–H and O–H groups in total. The van der Waals surface area contributed by atoms with Gasteiger partial charge in [0.15, 0.2) is 0 Å². The quantitative estimate of drug-likeness (QED) is 0.573. The molecule has 0 aliphatic heterocycles. The van der Waals surface area contributed by atoms with E-state index in [1.807, 2.05) is 43.3 Å². The number of ether oxygens (including phenoxy) is 1. The molecule has 0 bridgehead atoms. The van der Waals surface area contributed by atoms with Crippen LogP contribution in [0.2, 0.25) is 0 Å². The monoisotopic (exact) mass is 367 g/mol. The zero-order valence-electron chi connectivity index (χ0n) is 14.6. The maximum absolute atomic E-state index is 13.3. The van der Waals surface area contributed by atoms with Crippen LogP contribution in [-0.2, 0) is 10.0 Å². The van der Waals surface area contributed by atoms with E-state index in [9.17, 15) is 8.42 Å². The van der Waals surface area contributed by atoms with Gasteiger partial charge in [0, 0.05) is 6.07 Å². The minimum Gasteiger partial charge on any atom is -0.494 e. The van der Waals surface area contributed by atoms with Gasteiger partial charge in [0.2, 0.25) is 0 Å². The van der Waals surface area contributed by atoms with E-state index in [0.717, 1.165) is 10.8 Å². The summed E-state index contributed by atoms with van der Waals surface area (Å²) in [7, 11) is -3.73. The van der Waals surface area contributed by atoms with Crippen LogP contribution in [0.25, 0.3) is 10.8 Å². The lowest BCUT2D eigenvalue weighted by molar-refractivity contribution is 0.340. The lowest BCUT2D eigenvalue weighted by Crippen LogP contribution is -2.31.